The molecule has 0 heterocycles. The summed E-state index contributed by atoms with van der Waals surface area (Å²) in [6, 6.07) is 25.0. The fourth-order valence-electron chi connectivity index (χ4n) is 3.41. The van der Waals surface area contributed by atoms with E-state index in [2.05, 4.69) is 15.9 Å². The minimum atomic E-state index is -0.424. The third kappa shape index (κ3) is 9.89. The van der Waals surface area contributed by atoms with Crippen molar-refractivity contribution in [2.45, 2.75) is 27.7 Å². The molecule has 0 aliphatic rings. The standard InChI is InChI=1S/C14H13NO2.C8H9B.C6H4BrNO2.2H2O/c1-10-4-3-5-11(2)14(10)12-6-8-13(9-7-12)15(16)17;1-6-4-3-5-7(2)8(6)9;7-5-1-3-6(4-2-5)8(9)10;;/h3-9H,1-2H3;3-5H,1-2H3;1-4H;2*1H2. The number of nitro benzene ring substituents is 2. The number of rotatable bonds is 3. The molecule has 0 saturated carbocycles. The van der Waals surface area contributed by atoms with Gasteiger partial charge in [-0.2, -0.15) is 0 Å². The van der Waals surface area contributed by atoms with E-state index in [9.17, 15) is 20.2 Å². The molecule has 10 heteroatoms. The largest absolute Gasteiger partial charge is 0.412 e. The first-order valence-electron chi connectivity index (χ1n) is 11.0. The molecule has 8 nitrogen and oxygen atoms in total. The van der Waals surface area contributed by atoms with E-state index in [1.165, 1.54) is 23.3 Å². The Kier molecular flexibility index (Phi) is 14.5. The first kappa shape index (κ1) is 34.1. The summed E-state index contributed by atoms with van der Waals surface area (Å²) in [5.74, 6) is 0. The average Bonchev–Trinajstić information content (AvgIpc) is 2.84. The Hall–Kier alpha value is -3.86. The Morgan fingerprint density at radius 1 is 0.605 bits per heavy atom. The smallest absolute Gasteiger partial charge is 0.269 e. The van der Waals surface area contributed by atoms with Crippen molar-refractivity contribution in [3.05, 3.63) is 132 Å². The normalized spacial score (nSPS) is 9.29. The predicted octanol–water partition coefficient (Wildman–Crippen LogP) is 5.68. The highest BCUT2D eigenvalue weighted by Gasteiger charge is 2.08. The number of aryl methyl sites for hydroxylation is 4. The second kappa shape index (κ2) is 16.1. The summed E-state index contributed by atoms with van der Waals surface area (Å²) < 4.78 is 0.845. The Morgan fingerprint density at radius 3 is 1.29 bits per heavy atom. The van der Waals surface area contributed by atoms with Crippen LogP contribution in [-0.4, -0.2) is 28.6 Å². The highest BCUT2D eigenvalue weighted by molar-refractivity contribution is 9.10. The lowest BCUT2D eigenvalue weighted by Gasteiger charge is -2.09. The molecule has 0 spiro atoms. The van der Waals surface area contributed by atoms with Crippen molar-refractivity contribution < 1.29 is 20.8 Å². The molecule has 0 bridgehead atoms. The van der Waals surface area contributed by atoms with Crippen LogP contribution in [0.1, 0.15) is 22.3 Å². The molecule has 38 heavy (non-hydrogen) atoms. The van der Waals surface area contributed by atoms with Gasteiger partial charge in [-0.15, -0.1) is 0 Å². The number of nitrogens with zero attached hydrogens (tertiary/aromatic N) is 2. The number of hydrogen-bond donors (Lipinski definition) is 0. The molecule has 4 aromatic carbocycles. The second-order valence-electron chi connectivity index (χ2n) is 8.11. The van der Waals surface area contributed by atoms with Gasteiger partial charge in [0.05, 0.1) is 9.85 Å². The van der Waals surface area contributed by atoms with Crippen LogP contribution in [0.15, 0.2) is 89.4 Å². The van der Waals surface area contributed by atoms with Gasteiger partial charge in [0.2, 0.25) is 0 Å². The van der Waals surface area contributed by atoms with Gasteiger partial charge in [-0.3, -0.25) is 20.2 Å². The Balaban J connectivity index is 0.000000564. The zero-order valence-corrected chi connectivity index (χ0v) is 23.2. The molecule has 4 N–H and O–H groups in total. The maximum atomic E-state index is 10.6. The maximum absolute atomic E-state index is 10.6. The zero-order valence-electron chi connectivity index (χ0n) is 21.6. The Morgan fingerprint density at radius 2 is 0.947 bits per heavy atom. The third-order valence-corrected chi connectivity index (χ3v) is 5.96. The lowest BCUT2D eigenvalue weighted by Crippen LogP contribution is -2.10. The van der Waals surface area contributed by atoms with Crippen molar-refractivity contribution >= 4 is 40.6 Å². The molecule has 4 aromatic rings. The van der Waals surface area contributed by atoms with Gasteiger partial charge in [0.1, 0.15) is 7.85 Å². The van der Waals surface area contributed by atoms with Crippen LogP contribution in [0.5, 0.6) is 0 Å². The minimum absolute atomic E-state index is 0. The Bertz CT molecular complexity index is 1310. The van der Waals surface area contributed by atoms with Gasteiger partial charge in [-0.1, -0.05) is 68.9 Å². The van der Waals surface area contributed by atoms with Crippen LogP contribution in [0.2, 0.25) is 0 Å². The summed E-state index contributed by atoms with van der Waals surface area (Å²) in [7, 11) is 5.68. The molecule has 0 aliphatic carbocycles. The Labute approximate surface area is 231 Å². The van der Waals surface area contributed by atoms with Gasteiger partial charge in [0.25, 0.3) is 11.4 Å². The van der Waals surface area contributed by atoms with Crippen LogP contribution in [0.3, 0.4) is 0 Å². The highest BCUT2D eigenvalue weighted by Crippen LogP contribution is 2.28. The summed E-state index contributed by atoms with van der Waals surface area (Å²) in [6.07, 6.45) is 0. The molecule has 4 rings (SSSR count). The van der Waals surface area contributed by atoms with E-state index < -0.39 is 4.92 Å². The fourth-order valence-corrected chi connectivity index (χ4v) is 3.67. The lowest BCUT2D eigenvalue weighted by atomic mass is 9.87. The van der Waals surface area contributed by atoms with Gasteiger partial charge in [0.15, 0.2) is 0 Å². The van der Waals surface area contributed by atoms with E-state index in [-0.39, 0.29) is 27.3 Å². The van der Waals surface area contributed by atoms with Gasteiger partial charge < -0.3 is 11.0 Å². The van der Waals surface area contributed by atoms with Gasteiger partial charge in [-0.25, -0.2) is 0 Å². The summed E-state index contributed by atoms with van der Waals surface area (Å²) in [6.45, 7) is 8.12. The molecular weight excluding hydrogens is 551 g/mol. The molecule has 198 valence electrons. The molecule has 0 fully saturated rings. The van der Waals surface area contributed by atoms with Crippen molar-refractivity contribution in [3.8, 4) is 11.1 Å². The van der Waals surface area contributed by atoms with Gasteiger partial charge in [-0.05, 0) is 74.2 Å². The summed E-state index contributed by atoms with van der Waals surface area (Å²) in [5, 5.41) is 20.7. The molecule has 0 saturated heterocycles. The van der Waals surface area contributed by atoms with Crippen LogP contribution in [-0.2, 0) is 0 Å². The van der Waals surface area contributed by atoms with Crippen LogP contribution in [0, 0.1) is 47.9 Å². The van der Waals surface area contributed by atoms with E-state index in [0.717, 1.165) is 32.2 Å². The van der Waals surface area contributed by atoms with Crippen molar-refractivity contribution in [1.82, 2.24) is 0 Å². The first-order valence-corrected chi connectivity index (χ1v) is 11.8. The van der Waals surface area contributed by atoms with E-state index in [1.54, 1.807) is 36.4 Å². The number of nitro groups is 2. The quantitative estimate of drug-likeness (QED) is 0.174. The maximum Gasteiger partial charge on any atom is 0.269 e. The van der Waals surface area contributed by atoms with Crippen molar-refractivity contribution in [2.24, 2.45) is 0 Å². The molecule has 0 atom stereocenters. The number of non-ortho nitro benzene ring substituents is 2. The molecule has 0 amide bonds. The number of halogens is 1. The van der Waals surface area contributed by atoms with E-state index in [4.69, 9.17) is 7.85 Å². The predicted molar refractivity (Wildman–Crippen MR) is 157 cm³/mol. The second-order valence-corrected chi connectivity index (χ2v) is 9.03. The van der Waals surface area contributed by atoms with Crippen molar-refractivity contribution in [2.75, 3.05) is 0 Å². The molecule has 2 radical (unpaired) electrons. The third-order valence-electron chi connectivity index (χ3n) is 5.43. The molecular formula is C28H30BBrN2O6. The van der Waals surface area contributed by atoms with Crippen molar-refractivity contribution in [3.63, 3.8) is 0 Å². The first-order chi connectivity index (χ1) is 17.0. The highest BCUT2D eigenvalue weighted by atomic mass is 79.9. The minimum Gasteiger partial charge on any atom is -0.412 e. The zero-order chi connectivity index (χ0) is 26.8. The average molecular weight is 581 g/mol. The monoisotopic (exact) mass is 580 g/mol. The summed E-state index contributed by atoms with van der Waals surface area (Å²) in [4.78, 5) is 19.9. The van der Waals surface area contributed by atoms with Crippen LogP contribution < -0.4 is 5.46 Å². The molecule has 0 aromatic heterocycles. The van der Waals surface area contributed by atoms with E-state index in [1.807, 2.05) is 64.1 Å². The SMILES string of the molecule is Cc1cccc(C)c1-c1ccc([N+](=O)[O-])cc1.O.O.O=[N+]([O-])c1ccc(Br)cc1.[B]c1c(C)cccc1C. The van der Waals surface area contributed by atoms with Crippen molar-refractivity contribution in [1.29, 1.82) is 0 Å². The van der Waals surface area contributed by atoms with E-state index in [0.29, 0.717) is 0 Å². The van der Waals surface area contributed by atoms with Crippen LogP contribution in [0.25, 0.3) is 11.1 Å². The topological polar surface area (TPSA) is 149 Å². The lowest BCUT2D eigenvalue weighted by molar-refractivity contribution is -0.385. The van der Waals surface area contributed by atoms with Gasteiger partial charge in [0, 0.05) is 28.7 Å². The molecule has 0 aliphatic heterocycles. The van der Waals surface area contributed by atoms with E-state index >= 15 is 0 Å². The van der Waals surface area contributed by atoms with Gasteiger partial charge >= 0.3 is 0 Å². The fraction of sp³-hybridized carbons (Fsp3) is 0.143. The number of benzene rings is 4. The van der Waals surface area contributed by atoms with Crippen LogP contribution >= 0.6 is 15.9 Å². The summed E-state index contributed by atoms with van der Waals surface area (Å²) in [5.41, 5.74) is 8.01. The van der Waals surface area contributed by atoms with Crippen LogP contribution in [0.4, 0.5) is 11.4 Å². The number of hydrogen-bond acceptors (Lipinski definition) is 4. The summed E-state index contributed by atoms with van der Waals surface area (Å²) >= 11 is 3.17. The molecule has 0 unspecified atom stereocenters.